The van der Waals surface area contributed by atoms with Crippen LogP contribution in [0.1, 0.15) is 31.9 Å². The van der Waals surface area contributed by atoms with Gasteiger partial charge in [-0.25, -0.2) is 0 Å². The maximum Gasteiger partial charge on any atom is 0.308 e. The fraction of sp³-hybridized carbons (Fsp3) is 0.211. The molecule has 1 atom stereocenters. The second kappa shape index (κ2) is 6.92. The summed E-state index contributed by atoms with van der Waals surface area (Å²) < 4.78 is 12.0. The van der Waals surface area contributed by atoms with Crippen LogP contribution in [0.25, 0.3) is 0 Å². The number of carbonyl (C=O) groups is 2. The molecule has 0 saturated carbocycles. The van der Waals surface area contributed by atoms with Crippen LogP contribution in [0.4, 0.5) is 0 Å². The van der Waals surface area contributed by atoms with Crippen molar-refractivity contribution >= 4 is 33.7 Å². The molecule has 3 rings (SSSR count). The number of nitrogens with zero attached hydrogens (tertiary/aromatic N) is 2. The number of halogens is 1. The van der Waals surface area contributed by atoms with E-state index in [1.54, 1.807) is 31.2 Å². The van der Waals surface area contributed by atoms with Crippen LogP contribution >= 0.6 is 15.9 Å². The predicted molar refractivity (Wildman–Crippen MR) is 99.4 cm³/mol. The van der Waals surface area contributed by atoms with E-state index in [0.717, 1.165) is 10.0 Å². The molecular weight excluding hydrogens is 400 g/mol. The highest BCUT2D eigenvalue weighted by molar-refractivity contribution is 9.10. The number of amides is 1. The van der Waals surface area contributed by atoms with Gasteiger partial charge in [-0.2, -0.15) is 5.01 Å². The average Bonchev–Trinajstić information content (AvgIpc) is 2.95. The Morgan fingerprint density at radius 3 is 2.23 bits per heavy atom. The third kappa shape index (κ3) is 3.48. The molecule has 0 aromatic heterocycles. The van der Waals surface area contributed by atoms with Gasteiger partial charge in [0.05, 0.1) is 0 Å². The molecule has 1 amide bonds. The maximum atomic E-state index is 12.1. The number of esters is 1. The molecule has 134 valence electrons. The molecule has 0 aliphatic carbocycles. The lowest BCUT2D eigenvalue weighted by Gasteiger charge is -2.31. The summed E-state index contributed by atoms with van der Waals surface area (Å²) in [7, 11) is 0. The van der Waals surface area contributed by atoms with Crippen molar-refractivity contribution in [2.75, 3.05) is 0 Å². The average molecular weight is 417 g/mol. The van der Waals surface area contributed by atoms with Crippen LogP contribution in [0, 0.1) is 0 Å². The van der Waals surface area contributed by atoms with Crippen molar-refractivity contribution in [3.8, 4) is 5.75 Å². The first-order valence-corrected chi connectivity index (χ1v) is 8.72. The summed E-state index contributed by atoms with van der Waals surface area (Å²) in [5.41, 5.74) is 0.426. The fourth-order valence-corrected chi connectivity index (χ4v) is 2.96. The van der Waals surface area contributed by atoms with E-state index < -0.39 is 11.7 Å². The Bertz CT molecular complexity index is 877. The first-order valence-electron chi connectivity index (χ1n) is 7.93. The quantitative estimate of drug-likeness (QED) is 0.563. The molecule has 0 unspecified atom stereocenters. The SMILES string of the molecule is CC(=O)Oc1ccc(C2=NN(C(C)=O)[C@](C)(c3ccc(Br)cc3)O2)cc1. The van der Waals surface area contributed by atoms with Gasteiger partial charge in [-0.1, -0.05) is 28.1 Å². The zero-order valence-corrected chi connectivity index (χ0v) is 16.1. The topological polar surface area (TPSA) is 68.2 Å². The molecule has 2 aromatic rings. The van der Waals surface area contributed by atoms with Gasteiger partial charge in [0, 0.05) is 36.4 Å². The van der Waals surface area contributed by atoms with Gasteiger partial charge in [-0.05, 0) is 36.4 Å². The molecule has 2 aromatic carbocycles. The number of ether oxygens (including phenoxy) is 2. The van der Waals surface area contributed by atoms with E-state index in [4.69, 9.17) is 9.47 Å². The number of rotatable bonds is 3. The number of benzene rings is 2. The summed E-state index contributed by atoms with van der Waals surface area (Å²) in [5, 5.41) is 5.68. The van der Waals surface area contributed by atoms with Gasteiger partial charge in [-0.15, -0.1) is 5.10 Å². The Morgan fingerprint density at radius 2 is 1.69 bits per heavy atom. The monoisotopic (exact) mass is 416 g/mol. The normalized spacial score (nSPS) is 18.9. The molecule has 6 nitrogen and oxygen atoms in total. The van der Waals surface area contributed by atoms with Crippen LogP contribution in [0.15, 0.2) is 58.1 Å². The molecule has 0 bridgehead atoms. The highest BCUT2D eigenvalue weighted by atomic mass is 79.9. The summed E-state index contributed by atoms with van der Waals surface area (Å²) in [6.45, 7) is 4.57. The molecule has 1 heterocycles. The van der Waals surface area contributed by atoms with E-state index in [-0.39, 0.29) is 5.91 Å². The van der Waals surface area contributed by atoms with Gasteiger partial charge in [0.15, 0.2) is 0 Å². The Labute approximate surface area is 159 Å². The minimum atomic E-state index is -1.05. The molecule has 0 fully saturated rings. The molecule has 26 heavy (non-hydrogen) atoms. The lowest BCUT2D eigenvalue weighted by atomic mass is 10.0. The molecular formula is C19H17BrN2O4. The minimum Gasteiger partial charge on any atom is -0.443 e. The van der Waals surface area contributed by atoms with Gasteiger partial charge < -0.3 is 9.47 Å². The summed E-state index contributed by atoms with van der Waals surface area (Å²) in [4.78, 5) is 23.1. The Kier molecular flexibility index (Phi) is 4.82. The summed E-state index contributed by atoms with van der Waals surface area (Å²) in [6, 6.07) is 14.3. The minimum absolute atomic E-state index is 0.234. The van der Waals surface area contributed by atoms with Gasteiger partial charge in [0.1, 0.15) is 5.75 Å². The standard InChI is InChI=1S/C19H17BrN2O4/c1-12(23)22-19(3,15-6-8-16(20)9-7-15)26-18(21-22)14-4-10-17(11-5-14)25-13(2)24/h4-11H,1-3H3/t19-/m0/s1. The zero-order valence-electron chi connectivity index (χ0n) is 14.5. The second-order valence-corrected chi connectivity index (χ2v) is 6.86. The molecule has 1 aliphatic rings. The molecule has 0 spiro atoms. The number of hydrogen-bond acceptors (Lipinski definition) is 5. The lowest BCUT2D eigenvalue weighted by molar-refractivity contribution is -0.146. The molecule has 7 heteroatoms. The predicted octanol–water partition coefficient (Wildman–Crippen LogP) is 3.79. The first kappa shape index (κ1) is 18.1. The summed E-state index contributed by atoms with van der Waals surface area (Å²) in [6.07, 6.45) is 0. The smallest absolute Gasteiger partial charge is 0.308 e. The van der Waals surface area contributed by atoms with Crippen LogP contribution in [0.2, 0.25) is 0 Å². The van der Waals surface area contributed by atoms with Crippen molar-refractivity contribution in [3.05, 3.63) is 64.1 Å². The summed E-state index contributed by atoms with van der Waals surface area (Å²) >= 11 is 3.40. The van der Waals surface area contributed by atoms with Gasteiger partial charge in [-0.3, -0.25) is 9.59 Å². The third-order valence-corrected chi connectivity index (χ3v) is 4.46. The van der Waals surface area contributed by atoms with Crippen LogP contribution in [-0.4, -0.2) is 22.8 Å². The molecule has 0 N–H and O–H groups in total. The van der Waals surface area contributed by atoms with E-state index in [1.807, 2.05) is 24.3 Å². The number of hydrazone groups is 1. The van der Waals surface area contributed by atoms with Crippen LogP contribution < -0.4 is 4.74 Å². The van der Waals surface area contributed by atoms with Gasteiger partial charge in [0.2, 0.25) is 17.5 Å². The van der Waals surface area contributed by atoms with Crippen molar-refractivity contribution < 1.29 is 19.1 Å². The Morgan fingerprint density at radius 1 is 1.08 bits per heavy atom. The van der Waals surface area contributed by atoms with E-state index in [2.05, 4.69) is 21.0 Å². The van der Waals surface area contributed by atoms with Gasteiger partial charge in [0.25, 0.3) is 0 Å². The number of carbonyl (C=O) groups excluding carboxylic acids is 2. The largest absolute Gasteiger partial charge is 0.443 e. The highest BCUT2D eigenvalue weighted by Gasteiger charge is 2.44. The van der Waals surface area contributed by atoms with Crippen molar-refractivity contribution in [2.24, 2.45) is 5.10 Å². The second-order valence-electron chi connectivity index (χ2n) is 5.95. The molecule has 0 radical (unpaired) electrons. The van der Waals surface area contributed by atoms with Crippen LogP contribution in [-0.2, 0) is 20.1 Å². The van der Waals surface area contributed by atoms with E-state index >= 15 is 0 Å². The van der Waals surface area contributed by atoms with E-state index in [9.17, 15) is 9.59 Å². The van der Waals surface area contributed by atoms with Crippen molar-refractivity contribution in [2.45, 2.75) is 26.5 Å². The van der Waals surface area contributed by atoms with Crippen LogP contribution in [0.3, 0.4) is 0 Å². The zero-order chi connectivity index (χ0) is 18.9. The molecule has 1 aliphatic heterocycles. The fourth-order valence-electron chi connectivity index (χ4n) is 2.70. The molecule has 0 saturated heterocycles. The van der Waals surface area contributed by atoms with Gasteiger partial charge >= 0.3 is 5.97 Å². The Balaban J connectivity index is 1.92. The van der Waals surface area contributed by atoms with E-state index in [1.165, 1.54) is 18.9 Å². The van der Waals surface area contributed by atoms with E-state index in [0.29, 0.717) is 17.2 Å². The first-order chi connectivity index (χ1) is 12.3. The summed E-state index contributed by atoms with van der Waals surface area (Å²) in [5.74, 6) is 0.124. The number of hydrogen-bond donors (Lipinski definition) is 0. The van der Waals surface area contributed by atoms with Crippen molar-refractivity contribution in [3.63, 3.8) is 0 Å². The Hall–Kier alpha value is -2.67. The highest BCUT2D eigenvalue weighted by Crippen LogP contribution is 2.37. The lowest BCUT2D eigenvalue weighted by Crippen LogP contribution is -2.41. The maximum absolute atomic E-state index is 12.1. The van der Waals surface area contributed by atoms with Crippen LogP contribution in [0.5, 0.6) is 5.75 Å². The van der Waals surface area contributed by atoms with Crippen molar-refractivity contribution in [1.29, 1.82) is 0 Å². The van der Waals surface area contributed by atoms with Crippen molar-refractivity contribution in [1.82, 2.24) is 5.01 Å². The third-order valence-electron chi connectivity index (χ3n) is 3.93.